The molecule has 3 nitrogen and oxygen atoms in total. The first kappa shape index (κ1) is 15.7. The molecular formula is C16H25NO2S. The fourth-order valence-electron chi connectivity index (χ4n) is 2.42. The van der Waals surface area contributed by atoms with Crippen LogP contribution in [0.2, 0.25) is 0 Å². The Morgan fingerprint density at radius 2 is 2.20 bits per heavy atom. The van der Waals surface area contributed by atoms with Crippen LogP contribution in [0.1, 0.15) is 19.8 Å². The predicted octanol–water partition coefficient (Wildman–Crippen LogP) is 3.19. The van der Waals surface area contributed by atoms with E-state index in [0.717, 1.165) is 31.3 Å². The Morgan fingerprint density at radius 3 is 2.80 bits per heavy atom. The summed E-state index contributed by atoms with van der Waals surface area (Å²) >= 11 is 1.91. The Labute approximate surface area is 126 Å². The Hall–Kier alpha value is -0.710. The summed E-state index contributed by atoms with van der Waals surface area (Å²) in [5.74, 6) is 2.67. The van der Waals surface area contributed by atoms with Crippen molar-refractivity contribution in [1.29, 1.82) is 0 Å². The zero-order valence-corrected chi connectivity index (χ0v) is 13.2. The number of hydrogen-bond donors (Lipinski definition) is 1. The molecule has 2 atom stereocenters. The standard InChI is InChI=1S/C16H25NO2S/c1-3-9-17-16(13-8-10-19-11-13)12-20-15-6-4-14(18-2)5-7-15/h4-7,13,16-17H,3,8-12H2,1-2H3. The molecule has 0 spiro atoms. The van der Waals surface area contributed by atoms with E-state index in [1.807, 2.05) is 23.9 Å². The van der Waals surface area contributed by atoms with Gasteiger partial charge in [0, 0.05) is 29.2 Å². The van der Waals surface area contributed by atoms with Gasteiger partial charge in [0.1, 0.15) is 5.75 Å². The number of nitrogens with one attached hydrogen (secondary N) is 1. The van der Waals surface area contributed by atoms with E-state index in [1.165, 1.54) is 17.7 Å². The molecule has 0 aromatic heterocycles. The third-order valence-electron chi connectivity index (χ3n) is 3.68. The zero-order valence-electron chi connectivity index (χ0n) is 12.4. The van der Waals surface area contributed by atoms with Gasteiger partial charge in [-0.1, -0.05) is 6.92 Å². The summed E-state index contributed by atoms with van der Waals surface area (Å²) in [5.41, 5.74) is 0. The third kappa shape index (κ3) is 4.69. The molecule has 2 rings (SSSR count). The Bertz CT molecular complexity index is 377. The number of methoxy groups -OCH3 is 1. The lowest BCUT2D eigenvalue weighted by atomic mass is 10.0. The van der Waals surface area contributed by atoms with Gasteiger partial charge in [0.15, 0.2) is 0 Å². The smallest absolute Gasteiger partial charge is 0.118 e. The molecule has 2 unspecified atom stereocenters. The predicted molar refractivity (Wildman–Crippen MR) is 84.7 cm³/mol. The first-order valence-electron chi connectivity index (χ1n) is 7.41. The minimum absolute atomic E-state index is 0.546. The van der Waals surface area contributed by atoms with Gasteiger partial charge in [-0.25, -0.2) is 0 Å². The maximum atomic E-state index is 5.53. The van der Waals surface area contributed by atoms with E-state index >= 15 is 0 Å². The van der Waals surface area contributed by atoms with E-state index in [2.05, 4.69) is 24.4 Å². The summed E-state index contributed by atoms with van der Waals surface area (Å²) in [6.07, 6.45) is 2.36. The maximum Gasteiger partial charge on any atom is 0.118 e. The number of benzene rings is 1. The molecule has 1 aromatic rings. The van der Waals surface area contributed by atoms with E-state index in [9.17, 15) is 0 Å². The van der Waals surface area contributed by atoms with Crippen LogP contribution < -0.4 is 10.1 Å². The first-order valence-corrected chi connectivity index (χ1v) is 8.40. The molecule has 0 bridgehead atoms. The van der Waals surface area contributed by atoms with Gasteiger partial charge in [0.05, 0.1) is 13.7 Å². The quantitative estimate of drug-likeness (QED) is 0.746. The normalized spacial score (nSPS) is 20.0. The van der Waals surface area contributed by atoms with Gasteiger partial charge >= 0.3 is 0 Å². The van der Waals surface area contributed by atoms with Crippen molar-refractivity contribution in [3.05, 3.63) is 24.3 Å². The number of thioether (sulfide) groups is 1. The summed E-state index contributed by atoms with van der Waals surface area (Å²) in [5, 5.41) is 3.68. The van der Waals surface area contributed by atoms with Crippen LogP contribution >= 0.6 is 11.8 Å². The number of hydrogen-bond acceptors (Lipinski definition) is 4. The van der Waals surface area contributed by atoms with Crippen LogP contribution in [-0.2, 0) is 4.74 Å². The van der Waals surface area contributed by atoms with Crippen molar-refractivity contribution in [2.75, 3.05) is 32.6 Å². The molecule has 1 N–H and O–H groups in total. The first-order chi connectivity index (χ1) is 9.83. The molecule has 1 aromatic carbocycles. The molecule has 1 saturated heterocycles. The highest BCUT2D eigenvalue weighted by Gasteiger charge is 2.25. The summed E-state index contributed by atoms with van der Waals surface area (Å²) in [7, 11) is 1.70. The molecule has 0 radical (unpaired) electrons. The summed E-state index contributed by atoms with van der Waals surface area (Å²) in [6.45, 7) is 5.13. The van der Waals surface area contributed by atoms with Crippen molar-refractivity contribution in [3.63, 3.8) is 0 Å². The van der Waals surface area contributed by atoms with Crippen molar-refractivity contribution >= 4 is 11.8 Å². The highest BCUT2D eigenvalue weighted by atomic mass is 32.2. The minimum Gasteiger partial charge on any atom is -0.497 e. The van der Waals surface area contributed by atoms with E-state index in [1.54, 1.807) is 7.11 Å². The van der Waals surface area contributed by atoms with Crippen LogP contribution in [0.25, 0.3) is 0 Å². The van der Waals surface area contributed by atoms with Gasteiger partial charge in [-0.05, 0) is 43.7 Å². The lowest BCUT2D eigenvalue weighted by molar-refractivity contribution is 0.179. The molecule has 0 aliphatic carbocycles. The molecule has 1 aliphatic rings. The van der Waals surface area contributed by atoms with E-state index in [-0.39, 0.29) is 0 Å². The van der Waals surface area contributed by atoms with Crippen molar-refractivity contribution in [3.8, 4) is 5.75 Å². The van der Waals surface area contributed by atoms with Crippen molar-refractivity contribution in [1.82, 2.24) is 5.32 Å². The van der Waals surface area contributed by atoms with E-state index < -0.39 is 0 Å². The van der Waals surface area contributed by atoms with Crippen LogP contribution in [0, 0.1) is 5.92 Å². The highest BCUT2D eigenvalue weighted by molar-refractivity contribution is 7.99. The van der Waals surface area contributed by atoms with Gasteiger partial charge in [0.2, 0.25) is 0 Å². The van der Waals surface area contributed by atoms with Crippen LogP contribution in [0.3, 0.4) is 0 Å². The second kappa shape index (κ2) is 8.55. The zero-order chi connectivity index (χ0) is 14.2. The van der Waals surface area contributed by atoms with Crippen molar-refractivity contribution < 1.29 is 9.47 Å². The Kier molecular flexibility index (Phi) is 6.70. The molecule has 0 amide bonds. The van der Waals surface area contributed by atoms with Gasteiger partial charge < -0.3 is 14.8 Å². The van der Waals surface area contributed by atoms with Crippen LogP contribution in [0.4, 0.5) is 0 Å². The van der Waals surface area contributed by atoms with Gasteiger partial charge in [0.25, 0.3) is 0 Å². The summed E-state index contributed by atoms with van der Waals surface area (Å²) < 4.78 is 10.7. The fourth-order valence-corrected chi connectivity index (χ4v) is 3.51. The average molecular weight is 295 g/mol. The fraction of sp³-hybridized carbons (Fsp3) is 0.625. The Balaban J connectivity index is 1.86. The molecule has 4 heteroatoms. The maximum absolute atomic E-state index is 5.53. The summed E-state index contributed by atoms with van der Waals surface area (Å²) in [6, 6.07) is 8.85. The lowest BCUT2D eigenvalue weighted by Gasteiger charge is -2.23. The molecule has 1 aliphatic heterocycles. The Morgan fingerprint density at radius 1 is 1.40 bits per heavy atom. The largest absolute Gasteiger partial charge is 0.497 e. The van der Waals surface area contributed by atoms with Gasteiger partial charge in [-0.2, -0.15) is 0 Å². The van der Waals surface area contributed by atoms with Crippen molar-refractivity contribution in [2.24, 2.45) is 5.92 Å². The monoisotopic (exact) mass is 295 g/mol. The highest BCUT2D eigenvalue weighted by Crippen LogP contribution is 2.26. The number of ether oxygens (including phenoxy) is 2. The molecular weight excluding hydrogens is 270 g/mol. The molecule has 1 heterocycles. The molecule has 0 saturated carbocycles. The third-order valence-corrected chi connectivity index (χ3v) is 4.81. The van der Waals surface area contributed by atoms with E-state index in [4.69, 9.17) is 9.47 Å². The van der Waals surface area contributed by atoms with Gasteiger partial charge in [-0.3, -0.25) is 0 Å². The van der Waals surface area contributed by atoms with Crippen molar-refractivity contribution in [2.45, 2.75) is 30.7 Å². The topological polar surface area (TPSA) is 30.5 Å². The molecule has 112 valence electrons. The molecule has 20 heavy (non-hydrogen) atoms. The SMILES string of the molecule is CCCNC(CSc1ccc(OC)cc1)C1CCOC1. The van der Waals surface area contributed by atoms with Crippen LogP contribution in [-0.4, -0.2) is 38.7 Å². The van der Waals surface area contributed by atoms with E-state index in [0.29, 0.717) is 12.0 Å². The lowest BCUT2D eigenvalue weighted by Crippen LogP contribution is -2.39. The second-order valence-corrected chi connectivity index (χ2v) is 6.26. The number of rotatable bonds is 8. The van der Waals surface area contributed by atoms with Crippen LogP contribution in [0.15, 0.2) is 29.2 Å². The average Bonchev–Trinajstić information content (AvgIpc) is 3.02. The second-order valence-electron chi connectivity index (χ2n) is 5.17. The molecule has 1 fully saturated rings. The van der Waals surface area contributed by atoms with Gasteiger partial charge in [-0.15, -0.1) is 11.8 Å². The van der Waals surface area contributed by atoms with Crippen LogP contribution in [0.5, 0.6) is 5.75 Å². The summed E-state index contributed by atoms with van der Waals surface area (Å²) in [4.78, 5) is 1.30. The minimum atomic E-state index is 0.546.